The van der Waals surface area contributed by atoms with Crippen molar-refractivity contribution in [1.29, 1.82) is 0 Å². The SMILES string of the molecule is CCOC(=O)NCc1ccccc1C(C)C. The molecule has 0 aliphatic carbocycles. The van der Waals surface area contributed by atoms with Gasteiger partial charge < -0.3 is 10.1 Å². The van der Waals surface area contributed by atoms with Crippen LogP contribution in [-0.4, -0.2) is 12.7 Å². The number of carbonyl (C=O) groups excluding carboxylic acids is 1. The summed E-state index contributed by atoms with van der Waals surface area (Å²) in [5.41, 5.74) is 2.41. The Morgan fingerprint density at radius 3 is 2.69 bits per heavy atom. The van der Waals surface area contributed by atoms with E-state index in [2.05, 4.69) is 25.2 Å². The summed E-state index contributed by atoms with van der Waals surface area (Å²) < 4.78 is 4.81. The van der Waals surface area contributed by atoms with Gasteiger partial charge in [-0.2, -0.15) is 0 Å². The molecule has 1 amide bonds. The van der Waals surface area contributed by atoms with Gasteiger partial charge in [-0.25, -0.2) is 4.79 Å². The number of hydrogen-bond acceptors (Lipinski definition) is 2. The van der Waals surface area contributed by atoms with Crippen molar-refractivity contribution >= 4 is 6.09 Å². The van der Waals surface area contributed by atoms with Crippen LogP contribution in [0.15, 0.2) is 24.3 Å². The van der Waals surface area contributed by atoms with Crippen molar-refractivity contribution in [3.63, 3.8) is 0 Å². The first-order chi connectivity index (χ1) is 7.65. The van der Waals surface area contributed by atoms with Gasteiger partial charge in [0.1, 0.15) is 0 Å². The Kier molecular flexibility index (Phi) is 4.83. The van der Waals surface area contributed by atoms with E-state index in [-0.39, 0.29) is 6.09 Å². The third-order valence-corrected chi connectivity index (χ3v) is 2.38. The minimum atomic E-state index is -0.360. The van der Waals surface area contributed by atoms with Crippen LogP contribution >= 0.6 is 0 Å². The molecule has 1 aromatic rings. The molecule has 1 N–H and O–H groups in total. The van der Waals surface area contributed by atoms with E-state index in [9.17, 15) is 4.79 Å². The van der Waals surface area contributed by atoms with Gasteiger partial charge in [-0.05, 0) is 24.0 Å². The van der Waals surface area contributed by atoms with Crippen molar-refractivity contribution in [2.75, 3.05) is 6.61 Å². The molecule has 0 aliphatic rings. The summed E-state index contributed by atoms with van der Waals surface area (Å²) in [6.45, 7) is 7.00. The normalized spacial score (nSPS) is 10.2. The lowest BCUT2D eigenvalue weighted by molar-refractivity contribution is 0.151. The lowest BCUT2D eigenvalue weighted by atomic mass is 9.97. The van der Waals surface area contributed by atoms with Crippen LogP contribution in [-0.2, 0) is 11.3 Å². The highest BCUT2D eigenvalue weighted by Gasteiger charge is 2.07. The zero-order chi connectivity index (χ0) is 12.0. The second-order valence-electron chi connectivity index (χ2n) is 3.93. The molecule has 0 saturated heterocycles. The molecular weight excluding hydrogens is 202 g/mol. The Bertz CT molecular complexity index is 348. The minimum absolute atomic E-state index is 0.360. The summed E-state index contributed by atoms with van der Waals surface area (Å²) in [7, 11) is 0. The molecule has 0 aliphatic heterocycles. The molecule has 3 heteroatoms. The first-order valence-corrected chi connectivity index (χ1v) is 5.63. The number of amides is 1. The number of nitrogens with one attached hydrogen (secondary N) is 1. The Morgan fingerprint density at radius 2 is 2.06 bits per heavy atom. The molecular formula is C13H19NO2. The fourth-order valence-electron chi connectivity index (χ4n) is 1.61. The smallest absolute Gasteiger partial charge is 0.407 e. The second-order valence-corrected chi connectivity index (χ2v) is 3.93. The molecule has 0 saturated carbocycles. The standard InChI is InChI=1S/C13H19NO2/c1-4-16-13(15)14-9-11-7-5-6-8-12(11)10(2)3/h5-8,10H,4,9H2,1-3H3,(H,14,15). The largest absolute Gasteiger partial charge is 0.450 e. The van der Waals surface area contributed by atoms with Crippen LogP contribution in [0.25, 0.3) is 0 Å². The third kappa shape index (κ3) is 3.57. The lowest BCUT2D eigenvalue weighted by Crippen LogP contribution is -2.24. The number of carbonyl (C=O) groups is 1. The molecule has 0 heterocycles. The molecule has 0 aromatic heterocycles. The van der Waals surface area contributed by atoms with Gasteiger partial charge in [-0.1, -0.05) is 38.1 Å². The zero-order valence-corrected chi connectivity index (χ0v) is 10.1. The van der Waals surface area contributed by atoms with Crippen LogP contribution in [0.5, 0.6) is 0 Å². The second kappa shape index (κ2) is 6.16. The average molecular weight is 221 g/mol. The topological polar surface area (TPSA) is 38.3 Å². The number of benzene rings is 1. The van der Waals surface area contributed by atoms with Crippen molar-refractivity contribution in [2.24, 2.45) is 0 Å². The maximum atomic E-state index is 11.2. The fourth-order valence-corrected chi connectivity index (χ4v) is 1.61. The van der Waals surface area contributed by atoms with Gasteiger partial charge in [0.25, 0.3) is 0 Å². The summed E-state index contributed by atoms with van der Waals surface area (Å²) in [6.07, 6.45) is -0.360. The highest BCUT2D eigenvalue weighted by Crippen LogP contribution is 2.18. The van der Waals surface area contributed by atoms with Gasteiger partial charge >= 0.3 is 6.09 Å². The molecule has 0 fully saturated rings. The van der Waals surface area contributed by atoms with Crippen molar-refractivity contribution < 1.29 is 9.53 Å². The minimum Gasteiger partial charge on any atom is -0.450 e. The number of rotatable bonds is 4. The van der Waals surface area contributed by atoms with Crippen molar-refractivity contribution in [2.45, 2.75) is 33.2 Å². The lowest BCUT2D eigenvalue weighted by Gasteiger charge is -2.13. The van der Waals surface area contributed by atoms with E-state index in [1.54, 1.807) is 6.92 Å². The predicted octanol–water partition coefficient (Wildman–Crippen LogP) is 3.06. The maximum absolute atomic E-state index is 11.2. The van der Waals surface area contributed by atoms with Gasteiger partial charge in [0.15, 0.2) is 0 Å². The molecule has 0 bridgehead atoms. The number of ether oxygens (including phenoxy) is 1. The highest BCUT2D eigenvalue weighted by molar-refractivity contribution is 5.67. The quantitative estimate of drug-likeness (QED) is 0.848. The van der Waals surface area contributed by atoms with Crippen molar-refractivity contribution in [3.05, 3.63) is 35.4 Å². The summed E-state index contributed by atoms with van der Waals surface area (Å²) in [4.78, 5) is 11.2. The molecule has 88 valence electrons. The van der Waals surface area contributed by atoms with E-state index >= 15 is 0 Å². The summed E-state index contributed by atoms with van der Waals surface area (Å²) >= 11 is 0. The van der Waals surface area contributed by atoms with Gasteiger partial charge in [-0.3, -0.25) is 0 Å². The Morgan fingerprint density at radius 1 is 1.38 bits per heavy atom. The molecule has 1 aromatic carbocycles. The van der Waals surface area contributed by atoms with Gasteiger partial charge in [0.05, 0.1) is 6.61 Å². The Balaban J connectivity index is 2.63. The Labute approximate surface area is 96.8 Å². The van der Waals surface area contributed by atoms with Crippen LogP contribution in [0.4, 0.5) is 4.79 Å². The fraction of sp³-hybridized carbons (Fsp3) is 0.462. The molecule has 0 radical (unpaired) electrons. The van der Waals surface area contributed by atoms with Crippen molar-refractivity contribution in [3.8, 4) is 0 Å². The molecule has 0 atom stereocenters. The molecule has 3 nitrogen and oxygen atoms in total. The first kappa shape index (κ1) is 12.6. The molecule has 16 heavy (non-hydrogen) atoms. The van der Waals surface area contributed by atoms with E-state index in [1.807, 2.05) is 18.2 Å². The summed E-state index contributed by atoms with van der Waals surface area (Å²) in [6, 6.07) is 8.12. The number of hydrogen-bond donors (Lipinski definition) is 1. The van der Waals surface area contributed by atoms with E-state index in [4.69, 9.17) is 4.74 Å². The monoisotopic (exact) mass is 221 g/mol. The van der Waals surface area contributed by atoms with E-state index in [0.717, 1.165) is 5.56 Å². The van der Waals surface area contributed by atoms with Crippen LogP contribution in [0.3, 0.4) is 0 Å². The Hall–Kier alpha value is -1.51. The first-order valence-electron chi connectivity index (χ1n) is 5.63. The maximum Gasteiger partial charge on any atom is 0.407 e. The van der Waals surface area contributed by atoms with Crippen LogP contribution in [0, 0.1) is 0 Å². The van der Waals surface area contributed by atoms with Crippen LogP contribution < -0.4 is 5.32 Å². The highest BCUT2D eigenvalue weighted by atomic mass is 16.5. The molecule has 0 spiro atoms. The third-order valence-electron chi connectivity index (χ3n) is 2.38. The molecule has 1 rings (SSSR count). The van der Waals surface area contributed by atoms with Gasteiger partial charge in [0.2, 0.25) is 0 Å². The van der Waals surface area contributed by atoms with Crippen molar-refractivity contribution in [1.82, 2.24) is 5.32 Å². The van der Waals surface area contributed by atoms with E-state index < -0.39 is 0 Å². The van der Waals surface area contributed by atoms with E-state index in [1.165, 1.54) is 5.56 Å². The van der Waals surface area contributed by atoms with Crippen LogP contribution in [0.2, 0.25) is 0 Å². The zero-order valence-electron chi connectivity index (χ0n) is 10.1. The van der Waals surface area contributed by atoms with E-state index in [0.29, 0.717) is 19.1 Å². The van der Waals surface area contributed by atoms with Crippen LogP contribution in [0.1, 0.15) is 37.8 Å². The predicted molar refractivity (Wildman–Crippen MR) is 64.4 cm³/mol. The number of alkyl carbamates (subject to hydrolysis) is 1. The van der Waals surface area contributed by atoms with Gasteiger partial charge in [0, 0.05) is 6.54 Å². The summed E-state index contributed by atoms with van der Waals surface area (Å²) in [5, 5.41) is 2.73. The van der Waals surface area contributed by atoms with Gasteiger partial charge in [-0.15, -0.1) is 0 Å². The average Bonchev–Trinajstić information content (AvgIpc) is 2.27. The summed E-state index contributed by atoms with van der Waals surface area (Å²) in [5.74, 6) is 0.459. The molecule has 0 unspecified atom stereocenters.